The molecule has 9 heteroatoms. The van der Waals surface area contributed by atoms with Crippen molar-refractivity contribution in [1.29, 1.82) is 0 Å². The van der Waals surface area contributed by atoms with Crippen molar-refractivity contribution < 1.29 is 4.79 Å². The van der Waals surface area contributed by atoms with Crippen molar-refractivity contribution in [2.45, 2.75) is 37.4 Å². The van der Waals surface area contributed by atoms with Crippen LogP contribution in [0.5, 0.6) is 0 Å². The number of benzene rings is 1. The number of amides is 2. The minimum absolute atomic E-state index is 0.275. The minimum Gasteiger partial charge on any atom is -0.334 e. The molecule has 0 saturated heterocycles. The number of nitrogens with one attached hydrogen (secondary N) is 2. The Morgan fingerprint density at radius 3 is 2.50 bits per heavy atom. The van der Waals surface area contributed by atoms with Crippen LogP contribution < -0.4 is 10.6 Å². The van der Waals surface area contributed by atoms with Crippen LogP contribution in [0, 0.1) is 20.8 Å². The molecule has 32 heavy (non-hydrogen) atoms. The number of aromatic nitrogens is 5. The average molecular weight is 446 g/mol. The molecule has 0 aliphatic heterocycles. The standard InChI is InChI=1S/C23H23N7OS/c1-15-11-19(32-23-24-9-4-10-25-23)6-7-20(15)28-22(31)27-14-18-5-8-21(26-13-18)30-17(3)12-16(2)29-30/h4-13H,14H2,1-3H3,(H2,27,28,31). The number of rotatable bonds is 6. The van der Waals surface area contributed by atoms with E-state index in [0.29, 0.717) is 11.7 Å². The maximum Gasteiger partial charge on any atom is 0.319 e. The fourth-order valence-electron chi connectivity index (χ4n) is 3.14. The molecule has 8 nitrogen and oxygen atoms in total. The molecule has 0 bridgehead atoms. The van der Waals surface area contributed by atoms with E-state index < -0.39 is 0 Å². The molecule has 0 spiro atoms. The maximum atomic E-state index is 12.4. The van der Waals surface area contributed by atoms with Gasteiger partial charge in [0.25, 0.3) is 0 Å². The van der Waals surface area contributed by atoms with Gasteiger partial charge in [0.15, 0.2) is 11.0 Å². The van der Waals surface area contributed by atoms with Gasteiger partial charge in [0.1, 0.15) is 0 Å². The Morgan fingerprint density at radius 1 is 1.03 bits per heavy atom. The van der Waals surface area contributed by atoms with E-state index in [0.717, 1.165) is 38.9 Å². The van der Waals surface area contributed by atoms with Crippen LogP contribution in [0.2, 0.25) is 0 Å². The number of urea groups is 1. The molecule has 2 amide bonds. The van der Waals surface area contributed by atoms with Gasteiger partial charge in [-0.15, -0.1) is 0 Å². The van der Waals surface area contributed by atoms with Crippen molar-refractivity contribution in [3.63, 3.8) is 0 Å². The first-order chi connectivity index (χ1) is 15.5. The maximum absolute atomic E-state index is 12.4. The van der Waals surface area contributed by atoms with Gasteiger partial charge in [-0.25, -0.2) is 24.4 Å². The summed E-state index contributed by atoms with van der Waals surface area (Å²) in [5.74, 6) is 0.748. The van der Waals surface area contributed by atoms with E-state index in [1.54, 1.807) is 29.3 Å². The van der Waals surface area contributed by atoms with Crippen LogP contribution in [0.4, 0.5) is 10.5 Å². The summed E-state index contributed by atoms with van der Waals surface area (Å²) in [4.78, 5) is 26.3. The molecule has 162 valence electrons. The first kappa shape index (κ1) is 21.5. The molecule has 0 unspecified atom stereocenters. The Morgan fingerprint density at radius 2 is 1.84 bits per heavy atom. The summed E-state index contributed by atoms with van der Waals surface area (Å²) >= 11 is 1.47. The van der Waals surface area contributed by atoms with Crippen molar-refractivity contribution >= 4 is 23.5 Å². The predicted octanol–water partition coefficient (Wildman–Crippen LogP) is 4.46. The first-order valence-corrected chi connectivity index (χ1v) is 10.9. The molecule has 3 aromatic heterocycles. The normalized spacial score (nSPS) is 10.7. The van der Waals surface area contributed by atoms with Crippen LogP contribution in [0.3, 0.4) is 0 Å². The molecule has 0 aliphatic rings. The third kappa shape index (κ3) is 5.30. The first-order valence-electron chi connectivity index (χ1n) is 10.1. The summed E-state index contributed by atoms with van der Waals surface area (Å²) in [6.45, 7) is 6.26. The molecule has 1 aromatic carbocycles. The smallest absolute Gasteiger partial charge is 0.319 e. The Hall–Kier alpha value is -3.72. The van der Waals surface area contributed by atoms with Gasteiger partial charge >= 0.3 is 6.03 Å². The van der Waals surface area contributed by atoms with Gasteiger partial charge in [-0.2, -0.15) is 5.10 Å². The highest BCUT2D eigenvalue weighted by molar-refractivity contribution is 7.99. The van der Waals surface area contributed by atoms with Gasteiger partial charge in [0.05, 0.1) is 5.69 Å². The second kappa shape index (κ2) is 9.61. The van der Waals surface area contributed by atoms with E-state index in [-0.39, 0.29) is 6.03 Å². The van der Waals surface area contributed by atoms with Crippen molar-refractivity contribution in [2.75, 3.05) is 5.32 Å². The molecule has 0 atom stereocenters. The number of nitrogens with zero attached hydrogens (tertiary/aromatic N) is 5. The fourth-order valence-corrected chi connectivity index (χ4v) is 3.95. The van der Waals surface area contributed by atoms with Gasteiger partial charge in [-0.05, 0) is 80.1 Å². The number of anilines is 1. The van der Waals surface area contributed by atoms with Crippen molar-refractivity contribution in [3.8, 4) is 5.82 Å². The Balaban J connectivity index is 1.32. The second-order valence-corrected chi connectivity index (χ2v) is 8.32. The van der Waals surface area contributed by atoms with E-state index in [1.165, 1.54) is 11.8 Å². The minimum atomic E-state index is -0.275. The van der Waals surface area contributed by atoms with Gasteiger partial charge < -0.3 is 10.6 Å². The summed E-state index contributed by atoms with van der Waals surface area (Å²) in [5, 5.41) is 10.9. The van der Waals surface area contributed by atoms with Crippen molar-refractivity contribution in [2.24, 2.45) is 0 Å². The van der Waals surface area contributed by atoms with E-state index in [4.69, 9.17) is 0 Å². The highest BCUT2D eigenvalue weighted by Gasteiger charge is 2.08. The molecule has 0 fully saturated rings. The number of carbonyl (C=O) groups is 1. The fraction of sp³-hybridized carbons (Fsp3) is 0.174. The summed E-state index contributed by atoms with van der Waals surface area (Å²) < 4.78 is 1.80. The molecule has 4 rings (SSSR count). The van der Waals surface area contributed by atoms with Crippen LogP contribution >= 0.6 is 11.8 Å². The number of hydrogen-bond acceptors (Lipinski definition) is 6. The molecule has 2 N–H and O–H groups in total. The summed E-state index contributed by atoms with van der Waals surface area (Å²) in [6.07, 6.45) is 5.17. The van der Waals surface area contributed by atoms with Crippen molar-refractivity contribution in [3.05, 3.63) is 83.6 Å². The van der Waals surface area contributed by atoms with Crippen LogP contribution in [0.15, 0.2) is 71.1 Å². The quantitative estimate of drug-likeness (QED) is 0.426. The number of carbonyl (C=O) groups excluding carboxylic acids is 1. The van der Waals surface area contributed by atoms with Gasteiger partial charge in [-0.1, -0.05) is 6.07 Å². The Bertz CT molecular complexity index is 1220. The van der Waals surface area contributed by atoms with Crippen LogP contribution in [0.25, 0.3) is 5.82 Å². The topological polar surface area (TPSA) is 97.6 Å². The van der Waals surface area contributed by atoms with Crippen LogP contribution in [-0.4, -0.2) is 30.8 Å². The molecular formula is C23H23N7OS. The number of aryl methyl sites for hydroxylation is 3. The second-order valence-electron chi connectivity index (χ2n) is 7.28. The van der Waals surface area contributed by atoms with E-state index in [2.05, 4.69) is 30.7 Å². The van der Waals surface area contributed by atoms with E-state index in [9.17, 15) is 4.79 Å². The molecule has 3 heterocycles. The third-order valence-electron chi connectivity index (χ3n) is 4.69. The van der Waals surface area contributed by atoms with Crippen LogP contribution in [0.1, 0.15) is 22.5 Å². The van der Waals surface area contributed by atoms with Gasteiger partial charge in [0, 0.05) is 41.4 Å². The van der Waals surface area contributed by atoms with Gasteiger partial charge in [0.2, 0.25) is 0 Å². The molecule has 0 aliphatic carbocycles. The summed E-state index contributed by atoms with van der Waals surface area (Å²) in [7, 11) is 0. The lowest BCUT2D eigenvalue weighted by Crippen LogP contribution is -2.28. The monoisotopic (exact) mass is 445 g/mol. The van der Waals surface area contributed by atoms with Crippen LogP contribution in [-0.2, 0) is 6.54 Å². The number of pyridine rings is 1. The predicted molar refractivity (Wildman–Crippen MR) is 124 cm³/mol. The van der Waals surface area contributed by atoms with Crippen molar-refractivity contribution in [1.82, 2.24) is 30.0 Å². The number of hydrogen-bond donors (Lipinski definition) is 2. The summed E-state index contributed by atoms with van der Waals surface area (Å²) in [5.41, 5.74) is 4.57. The zero-order valence-corrected chi connectivity index (χ0v) is 18.8. The summed E-state index contributed by atoms with van der Waals surface area (Å²) in [6, 6.07) is 13.2. The molecule has 4 aromatic rings. The lowest BCUT2D eigenvalue weighted by Gasteiger charge is -2.11. The third-order valence-corrected chi connectivity index (χ3v) is 5.57. The highest BCUT2D eigenvalue weighted by Crippen LogP contribution is 2.27. The zero-order chi connectivity index (χ0) is 22.5. The average Bonchev–Trinajstić information content (AvgIpc) is 3.13. The Labute approximate surface area is 190 Å². The highest BCUT2D eigenvalue weighted by atomic mass is 32.2. The molecule has 0 saturated carbocycles. The van der Waals surface area contributed by atoms with E-state index >= 15 is 0 Å². The van der Waals surface area contributed by atoms with E-state index in [1.807, 2.05) is 57.2 Å². The Kier molecular flexibility index (Phi) is 6.46. The van der Waals surface area contributed by atoms with Gasteiger partial charge in [-0.3, -0.25) is 0 Å². The lowest BCUT2D eigenvalue weighted by molar-refractivity contribution is 0.251. The zero-order valence-electron chi connectivity index (χ0n) is 18.0. The molecular weight excluding hydrogens is 422 g/mol. The largest absolute Gasteiger partial charge is 0.334 e. The SMILES string of the molecule is Cc1cc(C)n(-c2ccc(CNC(=O)Nc3ccc(Sc4ncccn4)cc3C)cn2)n1. The lowest BCUT2D eigenvalue weighted by atomic mass is 10.2. The molecule has 0 radical (unpaired) electrons.